The number of rotatable bonds is 3. The fourth-order valence-electron chi connectivity index (χ4n) is 2.63. The molecule has 20 heavy (non-hydrogen) atoms. The Balaban J connectivity index is 1.97. The maximum Gasteiger partial charge on any atom is 0.0722 e. The summed E-state index contributed by atoms with van der Waals surface area (Å²) < 4.78 is 0. The van der Waals surface area contributed by atoms with Crippen molar-refractivity contribution in [2.45, 2.75) is 18.9 Å². The molecule has 0 aliphatic carbocycles. The van der Waals surface area contributed by atoms with Gasteiger partial charge in [-0.25, -0.2) is 0 Å². The van der Waals surface area contributed by atoms with Crippen molar-refractivity contribution < 1.29 is 0 Å². The third-order valence-corrected chi connectivity index (χ3v) is 3.71. The molecule has 0 bridgehead atoms. The zero-order valence-corrected chi connectivity index (χ0v) is 11.6. The standard InChI is InChI=1S/C18H20N2/c1-3-7-15(8-4-1)18(16-9-5-2-6-10-16)20-17-11-13-19-14-12-17/h1-10,17,19H,11-14H2. The molecular formula is C18H20N2. The minimum atomic E-state index is 0.437. The Kier molecular flexibility index (Phi) is 4.24. The van der Waals surface area contributed by atoms with Crippen LogP contribution < -0.4 is 5.32 Å². The fraction of sp³-hybridized carbons (Fsp3) is 0.278. The highest BCUT2D eigenvalue weighted by Crippen LogP contribution is 2.15. The summed E-state index contributed by atoms with van der Waals surface area (Å²) in [6.45, 7) is 2.15. The Labute approximate surface area is 120 Å². The van der Waals surface area contributed by atoms with Gasteiger partial charge in [0.2, 0.25) is 0 Å². The highest BCUT2D eigenvalue weighted by atomic mass is 14.9. The summed E-state index contributed by atoms with van der Waals surface area (Å²) in [5.74, 6) is 0. The Morgan fingerprint density at radius 2 is 1.30 bits per heavy atom. The summed E-state index contributed by atoms with van der Waals surface area (Å²) >= 11 is 0. The van der Waals surface area contributed by atoms with E-state index in [2.05, 4.69) is 66.0 Å². The largest absolute Gasteiger partial charge is 0.317 e. The molecule has 0 aromatic heterocycles. The minimum absolute atomic E-state index is 0.437. The maximum atomic E-state index is 5.05. The van der Waals surface area contributed by atoms with Crippen molar-refractivity contribution in [2.75, 3.05) is 13.1 Å². The Morgan fingerprint density at radius 3 is 1.80 bits per heavy atom. The third kappa shape index (κ3) is 3.14. The molecule has 0 unspecified atom stereocenters. The smallest absolute Gasteiger partial charge is 0.0722 e. The van der Waals surface area contributed by atoms with Gasteiger partial charge in [-0.05, 0) is 25.9 Å². The van der Waals surface area contributed by atoms with E-state index < -0.39 is 0 Å². The second-order valence-electron chi connectivity index (χ2n) is 5.19. The van der Waals surface area contributed by atoms with Crippen LogP contribution in [0.1, 0.15) is 24.0 Å². The first-order valence-electron chi connectivity index (χ1n) is 7.33. The summed E-state index contributed by atoms with van der Waals surface area (Å²) in [4.78, 5) is 5.05. The van der Waals surface area contributed by atoms with Crippen molar-refractivity contribution in [3.8, 4) is 0 Å². The topological polar surface area (TPSA) is 24.4 Å². The van der Waals surface area contributed by atoms with E-state index in [4.69, 9.17) is 4.99 Å². The quantitative estimate of drug-likeness (QED) is 0.845. The predicted molar refractivity (Wildman–Crippen MR) is 84.4 cm³/mol. The van der Waals surface area contributed by atoms with Crippen LogP contribution in [0.4, 0.5) is 0 Å². The van der Waals surface area contributed by atoms with E-state index in [1.54, 1.807) is 0 Å². The minimum Gasteiger partial charge on any atom is -0.317 e. The first-order valence-corrected chi connectivity index (χ1v) is 7.33. The fourth-order valence-corrected chi connectivity index (χ4v) is 2.63. The van der Waals surface area contributed by atoms with Crippen molar-refractivity contribution >= 4 is 5.71 Å². The Morgan fingerprint density at radius 1 is 0.800 bits per heavy atom. The van der Waals surface area contributed by atoms with E-state index in [1.165, 1.54) is 11.1 Å². The molecule has 3 rings (SSSR count). The zero-order valence-electron chi connectivity index (χ0n) is 11.6. The summed E-state index contributed by atoms with van der Waals surface area (Å²) in [7, 11) is 0. The van der Waals surface area contributed by atoms with Gasteiger partial charge in [0.15, 0.2) is 0 Å². The van der Waals surface area contributed by atoms with Crippen LogP contribution in [-0.4, -0.2) is 24.8 Å². The lowest BCUT2D eigenvalue weighted by atomic mass is 10.0. The highest BCUT2D eigenvalue weighted by Gasteiger charge is 2.14. The van der Waals surface area contributed by atoms with Gasteiger partial charge < -0.3 is 5.32 Å². The first kappa shape index (κ1) is 13.1. The van der Waals surface area contributed by atoms with Gasteiger partial charge in [0.05, 0.1) is 11.8 Å². The number of nitrogens with one attached hydrogen (secondary N) is 1. The second kappa shape index (κ2) is 6.49. The van der Waals surface area contributed by atoms with E-state index in [-0.39, 0.29) is 0 Å². The molecule has 2 nitrogen and oxygen atoms in total. The van der Waals surface area contributed by atoms with Crippen LogP contribution in [0, 0.1) is 0 Å². The van der Waals surface area contributed by atoms with E-state index in [0.717, 1.165) is 31.6 Å². The molecule has 1 N–H and O–H groups in total. The van der Waals surface area contributed by atoms with E-state index in [9.17, 15) is 0 Å². The number of benzene rings is 2. The lowest BCUT2D eigenvalue weighted by Crippen LogP contribution is -2.30. The molecule has 102 valence electrons. The van der Waals surface area contributed by atoms with Crippen LogP contribution in [0.15, 0.2) is 65.7 Å². The summed E-state index contributed by atoms with van der Waals surface area (Å²) in [6.07, 6.45) is 2.26. The summed E-state index contributed by atoms with van der Waals surface area (Å²) in [5.41, 5.74) is 3.53. The van der Waals surface area contributed by atoms with Crippen molar-refractivity contribution in [1.82, 2.24) is 5.32 Å². The van der Waals surface area contributed by atoms with Crippen LogP contribution in [0.5, 0.6) is 0 Å². The van der Waals surface area contributed by atoms with Crippen LogP contribution in [-0.2, 0) is 0 Å². The first-order chi connectivity index (χ1) is 9.93. The maximum absolute atomic E-state index is 5.05. The third-order valence-electron chi connectivity index (χ3n) is 3.71. The van der Waals surface area contributed by atoms with Crippen molar-refractivity contribution in [1.29, 1.82) is 0 Å². The van der Waals surface area contributed by atoms with Gasteiger partial charge in [0.1, 0.15) is 0 Å². The van der Waals surface area contributed by atoms with Gasteiger partial charge in [-0.2, -0.15) is 0 Å². The molecular weight excluding hydrogens is 244 g/mol. The van der Waals surface area contributed by atoms with E-state index >= 15 is 0 Å². The molecule has 0 amide bonds. The number of aliphatic imine (C=N–C) groups is 1. The number of hydrogen-bond donors (Lipinski definition) is 1. The highest BCUT2D eigenvalue weighted by molar-refractivity contribution is 6.12. The van der Waals surface area contributed by atoms with Gasteiger partial charge in [-0.15, -0.1) is 0 Å². The molecule has 0 radical (unpaired) electrons. The van der Waals surface area contributed by atoms with Crippen molar-refractivity contribution in [3.05, 3.63) is 71.8 Å². The van der Waals surface area contributed by atoms with Crippen LogP contribution >= 0.6 is 0 Å². The summed E-state index contributed by atoms with van der Waals surface area (Å²) in [6, 6.07) is 21.4. The average Bonchev–Trinajstić information content (AvgIpc) is 2.55. The zero-order chi connectivity index (χ0) is 13.6. The molecule has 0 atom stereocenters. The molecule has 2 aromatic carbocycles. The van der Waals surface area contributed by atoms with Crippen molar-refractivity contribution in [3.63, 3.8) is 0 Å². The number of nitrogens with zero attached hydrogens (tertiary/aromatic N) is 1. The molecule has 1 aliphatic heterocycles. The lowest BCUT2D eigenvalue weighted by Gasteiger charge is -2.20. The molecule has 0 spiro atoms. The Hall–Kier alpha value is -1.93. The van der Waals surface area contributed by atoms with Gasteiger partial charge in [0.25, 0.3) is 0 Å². The molecule has 1 aliphatic rings. The molecule has 2 heteroatoms. The van der Waals surface area contributed by atoms with Crippen LogP contribution in [0.3, 0.4) is 0 Å². The van der Waals surface area contributed by atoms with Crippen LogP contribution in [0.25, 0.3) is 0 Å². The number of piperidine rings is 1. The van der Waals surface area contributed by atoms with Gasteiger partial charge in [-0.3, -0.25) is 4.99 Å². The van der Waals surface area contributed by atoms with Crippen LogP contribution in [0.2, 0.25) is 0 Å². The summed E-state index contributed by atoms with van der Waals surface area (Å²) in [5, 5.41) is 3.40. The average molecular weight is 264 g/mol. The molecule has 2 aromatic rings. The predicted octanol–water partition coefficient (Wildman–Crippen LogP) is 3.28. The number of hydrogen-bond acceptors (Lipinski definition) is 2. The molecule has 1 saturated heterocycles. The normalized spacial score (nSPS) is 15.8. The molecule has 1 fully saturated rings. The van der Waals surface area contributed by atoms with Gasteiger partial charge in [0, 0.05) is 11.1 Å². The molecule has 0 saturated carbocycles. The van der Waals surface area contributed by atoms with Gasteiger partial charge in [-0.1, -0.05) is 60.7 Å². The van der Waals surface area contributed by atoms with Gasteiger partial charge >= 0.3 is 0 Å². The SMILES string of the molecule is c1ccc(C(=NC2CCNCC2)c2ccccc2)cc1. The van der Waals surface area contributed by atoms with E-state index in [1.807, 2.05) is 0 Å². The van der Waals surface area contributed by atoms with E-state index in [0.29, 0.717) is 6.04 Å². The Bertz CT molecular complexity index is 513. The lowest BCUT2D eigenvalue weighted by molar-refractivity contribution is 0.460. The molecule has 1 heterocycles. The second-order valence-corrected chi connectivity index (χ2v) is 5.19. The monoisotopic (exact) mass is 264 g/mol. The van der Waals surface area contributed by atoms with Crippen molar-refractivity contribution in [2.24, 2.45) is 4.99 Å².